The molecule has 6 heteroatoms. The van der Waals surface area contributed by atoms with E-state index in [4.69, 9.17) is 4.98 Å². The summed E-state index contributed by atoms with van der Waals surface area (Å²) in [6.07, 6.45) is 9.64. The zero-order valence-electron chi connectivity index (χ0n) is 17.0. The van der Waals surface area contributed by atoms with E-state index in [1.165, 1.54) is 17.5 Å². The molecule has 4 heterocycles. The van der Waals surface area contributed by atoms with Gasteiger partial charge in [0, 0.05) is 50.3 Å². The average Bonchev–Trinajstić information content (AvgIpc) is 2.84. The molecule has 2 aliphatic heterocycles. The van der Waals surface area contributed by atoms with Crippen molar-refractivity contribution in [3.8, 4) is 11.3 Å². The third-order valence-electron chi connectivity index (χ3n) is 6.00. The second-order valence-corrected chi connectivity index (χ2v) is 7.97. The standard InChI is InChI=1S/C24H25N5O/c30-23(29-14-10-18-7-2-3-8-20(18)17-29)21-16-26-24(28-12-4-1-5-13-28)27-22(21)19-9-6-11-25-15-19/h2-3,6-9,11,15-16H,1,4-5,10,12-14,17H2. The summed E-state index contributed by atoms with van der Waals surface area (Å²) in [6, 6.07) is 12.2. The van der Waals surface area contributed by atoms with Gasteiger partial charge in [0.2, 0.25) is 5.95 Å². The Morgan fingerprint density at radius 3 is 2.53 bits per heavy atom. The fraction of sp³-hybridized carbons (Fsp3) is 0.333. The molecule has 0 unspecified atom stereocenters. The number of pyridine rings is 1. The average molecular weight is 399 g/mol. The summed E-state index contributed by atoms with van der Waals surface area (Å²) >= 11 is 0. The van der Waals surface area contributed by atoms with Crippen molar-refractivity contribution < 1.29 is 4.79 Å². The minimum atomic E-state index is -0.0199. The van der Waals surface area contributed by atoms with E-state index in [1.54, 1.807) is 18.6 Å². The maximum absolute atomic E-state index is 13.5. The zero-order valence-corrected chi connectivity index (χ0v) is 17.0. The van der Waals surface area contributed by atoms with Gasteiger partial charge in [0.15, 0.2) is 0 Å². The number of carbonyl (C=O) groups excluding carboxylic acids is 1. The van der Waals surface area contributed by atoms with Crippen LogP contribution in [0.5, 0.6) is 0 Å². The third-order valence-corrected chi connectivity index (χ3v) is 6.00. The molecule has 0 bridgehead atoms. The van der Waals surface area contributed by atoms with E-state index in [0.717, 1.165) is 37.9 Å². The molecule has 152 valence electrons. The molecule has 0 spiro atoms. The normalized spacial score (nSPS) is 16.3. The van der Waals surface area contributed by atoms with Gasteiger partial charge in [0.05, 0.1) is 11.3 Å². The molecule has 3 aromatic rings. The quantitative estimate of drug-likeness (QED) is 0.672. The topological polar surface area (TPSA) is 62.2 Å². The summed E-state index contributed by atoms with van der Waals surface area (Å²) in [6.45, 7) is 3.25. The van der Waals surface area contributed by atoms with Gasteiger partial charge in [-0.25, -0.2) is 9.97 Å². The molecule has 2 aromatic heterocycles. The highest BCUT2D eigenvalue weighted by Crippen LogP contribution is 2.27. The molecule has 1 fully saturated rings. The lowest BCUT2D eigenvalue weighted by Gasteiger charge is -2.30. The highest BCUT2D eigenvalue weighted by molar-refractivity contribution is 5.99. The Morgan fingerprint density at radius 1 is 0.900 bits per heavy atom. The number of piperidine rings is 1. The molecule has 1 amide bonds. The molecule has 0 radical (unpaired) electrons. The molecule has 1 saturated heterocycles. The Morgan fingerprint density at radius 2 is 1.73 bits per heavy atom. The first kappa shape index (κ1) is 18.7. The van der Waals surface area contributed by atoms with Crippen LogP contribution in [0.15, 0.2) is 55.0 Å². The minimum absolute atomic E-state index is 0.0199. The van der Waals surface area contributed by atoms with Gasteiger partial charge in [0.1, 0.15) is 0 Å². The number of hydrogen-bond donors (Lipinski definition) is 0. The number of hydrogen-bond acceptors (Lipinski definition) is 5. The van der Waals surface area contributed by atoms with E-state index in [1.807, 2.05) is 23.1 Å². The molecule has 30 heavy (non-hydrogen) atoms. The Labute approximate surface area is 176 Å². The molecule has 0 aliphatic carbocycles. The molecule has 0 N–H and O–H groups in total. The van der Waals surface area contributed by atoms with Crippen molar-refractivity contribution in [2.24, 2.45) is 0 Å². The second-order valence-electron chi connectivity index (χ2n) is 7.97. The van der Waals surface area contributed by atoms with Crippen LogP contribution in [0.1, 0.15) is 40.7 Å². The molecule has 5 rings (SSSR count). The first-order valence-corrected chi connectivity index (χ1v) is 10.7. The summed E-state index contributed by atoms with van der Waals surface area (Å²) in [5, 5.41) is 0. The van der Waals surface area contributed by atoms with Crippen molar-refractivity contribution in [1.82, 2.24) is 19.9 Å². The van der Waals surface area contributed by atoms with Crippen molar-refractivity contribution in [1.29, 1.82) is 0 Å². The Balaban J connectivity index is 1.50. The molecule has 6 nitrogen and oxygen atoms in total. The van der Waals surface area contributed by atoms with Crippen LogP contribution >= 0.6 is 0 Å². The third kappa shape index (κ3) is 3.65. The van der Waals surface area contributed by atoms with Crippen molar-refractivity contribution in [2.45, 2.75) is 32.2 Å². The number of fused-ring (bicyclic) bond motifs is 1. The maximum atomic E-state index is 13.5. The van der Waals surface area contributed by atoms with E-state index in [-0.39, 0.29) is 5.91 Å². The predicted octanol–water partition coefficient (Wildman–Crippen LogP) is 3.73. The van der Waals surface area contributed by atoms with Crippen LogP contribution in [0.2, 0.25) is 0 Å². The predicted molar refractivity (Wildman–Crippen MR) is 116 cm³/mol. The monoisotopic (exact) mass is 399 g/mol. The smallest absolute Gasteiger partial charge is 0.257 e. The summed E-state index contributed by atoms with van der Waals surface area (Å²) in [7, 11) is 0. The Bertz CT molecular complexity index is 1050. The van der Waals surface area contributed by atoms with Crippen LogP contribution in [0, 0.1) is 0 Å². The van der Waals surface area contributed by atoms with Crippen molar-refractivity contribution >= 4 is 11.9 Å². The lowest BCUT2D eigenvalue weighted by molar-refractivity contribution is 0.0734. The first-order chi connectivity index (χ1) is 14.8. The fourth-order valence-electron chi connectivity index (χ4n) is 4.34. The highest BCUT2D eigenvalue weighted by Gasteiger charge is 2.26. The number of carbonyl (C=O) groups is 1. The number of anilines is 1. The zero-order chi connectivity index (χ0) is 20.3. The lowest BCUT2D eigenvalue weighted by atomic mass is 9.99. The molecule has 2 aliphatic rings. The van der Waals surface area contributed by atoms with Crippen molar-refractivity contribution in [3.63, 3.8) is 0 Å². The summed E-state index contributed by atoms with van der Waals surface area (Å²) in [4.78, 5) is 31.3. The van der Waals surface area contributed by atoms with Crippen LogP contribution in [0.3, 0.4) is 0 Å². The van der Waals surface area contributed by atoms with E-state index in [0.29, 0.717) is 30.3 Å². The van der Waals surface area contributed by atoms with Crippen molar-refractivity contribution in [3.05, 3.63) is 71.7 Å². The van der Waals surface area contributed by atoms with Gasteiger partial charge >= 0.3 is 0 Å². The van der Waals surface area contributed by atoms with E-state index in [9.17, 15) is 4.79 Å². The summed E-state index contributed by atoms with van der Waals surface area (Å²) in [5.41, 5.74) is 4.60. The number of amides is 1. The molecular weight excluding hydrogens is 374 g/mol. The summed E-state index contributed by atoms with van der Waals surface area (Å²) in [5.74, 6) is 0.683. The maximum Gasteiger partial charge on any atom is 0.257 e. The second kappa shape index (κ2) is 8.22. The van der Waals surface area contributed by atoms with Crippen LogP contribution in [-0.2, 0) is 13.0 Å². The Kier molecular flexibility index (Phi) is 5.13. The first-order valence-electron chi connectivity index (χ1n) is 10.7. The minimum Gasteiger partial charge on any atom is -0.341 e. The van der Waals surface area contributed by atoms with E-state index < -0.39 is 0 Å². The van der Waals surface area contributed by atoms with Crippen LogP contribution < -0.4 is 4.90 Å². The molecule has 1 aromatic carbocycles. The van der Waals surface area contributed by atoms with Crippen LogP contribution in [0.4, 0.5) is 5.95 Å². The van der Waals surface area contributed by atoms with Crippen molar-refractivity contribution in [2.75, 3.05) is 24.5 Å². The SMILES string of the molecule is O=C(c1cnc(N2CCCCC2)nc1-c1cccnc1)N1CCc2ccccc2C1. The molecule has 0 atom stereocenters. The Hall–Kier alpha value is -3.28. The molecular formula is C24H25N5O. The van der Waals surface area contributed by atoms with Gasteiger partial charge in [-0.3, -0.25) is 9.78 Å². The van der Waals surface area contributed by atoms with Gasteiger partial charge in [0.25, 0.3) is 5.91 Å². The molecule has 0 saturated carbocycles. The van der Waals surface area contributed by atoms with E-state index >= 15 is 0 Å². The van der Waals surface area contributed by atoms with Gasteiger partial charge in [-0.15, -0.1) is 0 Å². The summed E-state index contributed by atoms with van der Waals surface area (Å²) < 4.78 is 0. The number of nitrogens with zero attached hydrogens (tertiary/aromatic N) is 5. The number of aromatic nitrogens is 3. The van der Waals surface area contributed by atoms with Gasteiger partial charge in [-0.1, -0.05) is 24.3 Å². The van der Waals surface area contributed by atoms with Gasteiger partial charge in [-0.05, 0) is 48.9 Å². The lowest BCUT2D eigenvalue weighted by Crippen LogP contribution is -2.36. The number of benzene rings is 1. The largest absolute Gasteiger partial charge is 0.341 e. The van der Waals surface area contributed by atoms with Gasteiger partial charge < -0.3 is 9.80 Å². The van der Waals surface area contributed by atoms with Crippen LogP contribution in [0.25, 0.3) is 11.3 Å². The van der Waals surface area contributed by atoms with Crippen LogP contribution in [-0.4, -0.2) is 45.4 Å². The fourth-order valence-corrected chi connectivity index (χ4v) is 4.34. The number of rotatable bonds is 3. The highest BCUT2D eigenvalue weighted by atomic mass is 16.2. The van der Waals surface area contributed by atoms with E-state index in [2.05, 4.69) is 33.1 Å². The van der Waals surface area contributed by atoms with Gasteiger partial charge in [-0.2, -0.15) is 0 Å².